The third kappa shape index (κ3) is 1.86. The fourth-order valence-corrected chi connectivity index (χ4v) is 1.19. The van der Waals surface area contributed by atoms with Crippen LogP contribution in [0, 0.1) is 6.92 Å². The number of hydrogen-bond acceptors (Lipinski definition) is 2. The Labute approximate surface area is 79.8 Å². The maximum atomic E-state index is 9.93. The predicted molar refractivity (Wildman–Crippen MR) is 49.0 cm³/mol. The van der Waals surface area contributed by atoms with Crippen LogP contribution in [0.2, 0.25) is 10.0 Å². The molecule has 4 heteroatoms. The van der Waals surface area contributed by atoms with Gasteiger partial charge in [0.15, 0.2) is 0 Å². The molecule has 0 heterocycles. The Morgan fingerprint density at radius 2 is 2.00 bits per heavy atom. The highest BCUT2D eigenvalue weighted by Crippen LogP contribution is 2.30. The van der Waals surface area contributed by atoms with Crippen LogP contribution in [0.5, 0.6) is 0 Å². The number of carbonyl (C=O) groups excluding carboxylic acids is 1. The van der Waals surface area contributed by atoms with E-state index in [0.29, 0.717) is 15.7 Å². The van der Waals surface area contributed by atoms with E-state index in [9.17, 15) is 4.79 Å². The summed E-state index contributed by atoms with van der Waals surface area (Å²) in [7, 11) is 0. The zero-order valence-corrected chi connectivity index (χ0v) is 7.78. The van der Waals surface area contributed by atoms with Gasteiger partial charge in [-0.3, -0.25) is 0 Å². The standard InChI is InChI=1S/C8H5Cl2NO/c1-5-2-7(10)8(11-4-12)3-6(5)9/h2-3H,1H3. The summed E-state index contributed by atoms with van der Waals surface area (Å²) in [5.41, 5.74) is 1.20. The molecule has 1 aromatic rings. The van der Waals surface area contributed by atoms with E-state index in [1.807, 2.05) is 6.92 Å². The van der Waals surface area contributed by atoms with Crippen molar-refractivity contribution in [3.63, 3.8) is 0 Å². The number of hydrogen-bond donors (Lipinski definition) is 0. The average Bonchev–Trinajstić information content (AvgIpc) is 2.01. The van der Waals surface area contributed by atoms with Crippen LogP contribution in [0.1, 0.15) is 5.56 Å². The van der Waals surface area contributed by atoms with Crippen LogP contribution in [0.25, 0.3) is 0 Å². The highest BCUT2D eigenvalue weighted by Gasteiger charge is 2.02. The summed E-state index contributed by atoms with van der Waals surface area (Å²) in [6, 6.07) is 3.18. The quantitative estimate of drug-likeness (QED) is 0.507. The Bertz CT molecular complexity index is 356. The highest BCUT2D eigenvalue weighted by atomic mass is 35.5. The maximum Gasteiger partial charge on any atom is 0.240 e. The fraction of sp³-hybridized carbons (Fsp3) is 0.125. The van der Waals surface area contributed by atoms with Crippen LogP contribution in [-0.4, -0.2) is 6.08 Å². The normalized spacial score (nSPS) is 9.25. The molecule has 0 spiro atoms. The summed E-state index contributed by atoms with van der Waals surface area (Å²) in [4.78, 5) is 13.3. The smallest absolute Gasteiger partial charge is 0.211 e. The van der Waals surface area contributed by atoms with Gasteiger partial charge in [-0.05, 0) is 24.6 Å². The molecule has 12 heavy (non-hydrogen) atoms. The first-order valence-corrected chi connectivity index (χ1v) is 3.94. The van der Waals surface area contributed by atoms with Crippen LogP contribution in [-0.2, 0) is 4.79 Å². The molecule has 0 radical (unpaired) electrons. The molecule has 0 atom stereocenters. The molecule has 0 saturated carbocycles. The molecular weight excluding hydrogens is 197 g/mol. The molecule has 0 saturated heterocycles. The van der Waals surface area contributed by atoms with Crippen molar-refractivity contribution < 1.29 is 4.79 Å². The predicted octanol–water partition coefficient (Wildman–Crippen LogP) is 3.27. The Kier molecular flexibility index (Phi) is 2.88. The van der Waals surface area contributed by atoms with Gasteiger partial charge >= 0.3 is 0 Å². The molecule has 2 nitrogen and oxygen atoms in total. The van der Waals surface area contributed by atoms with Gasteiger partial charge in [0.25, 0.3) is 0 Å². The van der Waals surface area contributed by atoms with Gasteiger partial charge in [0.2, 0.25) is 6.08 Å². The first kappa shape index (κ1) is 9.27. The Morgan fingerprint density at radius 3 is 2.58 bits per heavy atom. The number of isocyanates is 1. The van der Waals surface area contributed by atoms with Gasteiger partial charge in [-0.1, -0.05) is 23.2 Å². The highest BCUT2D eigenvalue weighted by molar-refractivity contribution is 6.35. The van der Waals surface area contributed by atoms with E-state index in [4.69, 9.17) is 23.2 Å². The minimum Gasteiger partial charge on any atom is -0.211 e. The second kappa shape index (κ2) is 3.72. The summed E-state index contributed by atoms with van der Waals surface area (Å²) in [5, 5.41) is 0.939. The van der Waals surface area contributed by atoms with Gasteiger partial charge < -0.3 is 0 Å². The topological polar surface area (TPSA) is 29.4 Å². The minimum atomic E-state index is 0.349. The molecule has 1 aromatic carbocycles. The van der Waals surface area contributed by atoms with Crippen molar-refractivity contribution >= 4 is 35.0 Å². The SMILES string of the molecule is Cc1cc(Cl)c(N=C=O)cc1Cl. The lowest BCUT2D eigenvalue weighted by Crippen LogP contribution is -1.75. The molecule has 0 amide bonds. The fourth-order valence-electron chi connectivity index (χ4n) is 0.771. The molecular formula is C8H5Cl2NO. The van der Waals surface area contributed by atoms with Gasteiger partial charge in [0.1, 0.15) is 0 Å². The maximum absolute atomic E-state index is 9.93. The summed E-state index contributed by atoms with van der Waals surface area (Å²) >= 11 is 11.5. The molecule has 0 aromatic heterocycles. The lowest BCUT2D eigenvalue weighted by molar-refractivity contribution is 0.565. The van der Waals surface area contributed by atoms with Crippen molar-refractivity contribution in [3.05, 3.63) is 27.7 Å². The molecule has 1 rings (SSSR count). The molecule has 0 unspecified atom stereocenters. The van der Waals surface area contributed by atoms with Crippen LogP contribution < -0.4 is 0 Å². The van der Waals surface area contributed by atoms with E-state index in [1.165, 1.54) is 12.1 Å². The lowest BCUT2D eigenvalue weighted by atomic mass is 10.2. The van der Waals surface area contributed by atoms with Crippen molar-refractivity contribution in [2.45, 2.75) is 6.92 Å². The summed E-state index contributed by atoms with van der Waals surface area (Å²) < 4.78 is 0. The Hall–Kier alpha value is -0.820. The first-order valence-electron chi connectivity index (χ1n) is 3.18. The molecule has 0 aliphatic heterocycles. The average molecular weight is 202 g/mol. The van der Waals surface area contributed by atoms with E-state index < -0.39 is 0 Å². The zero-order chi connectivity index (χ0) is 9.14. The number of aryl methyl sites for hydroxylation is 1. The van der Waals surface area contributed by atoms with Crippen molar-refractivity contribution in [1.82, 2.24) is 0 Å². The molecule has 0 aliphatic carbocycles. The Morgan fingerprint density at radius 1 is 1.33 bits per heavy atom. The van der Waals surface area contributed by atoms with Crippen LogP contribution in [0.4, 0.5) is 5.69 Å². The van der Waals surface area contributed by atoms with Crippen LogP contribution in [0.15, 0.2) is 17.1 Å². The molecule has 62 valence electrons. The summed E-state index contributed by atoms with van der Waals surface area (Å²) in [5.74, 6) is 0. The minimum absolute atomic E-state index is 0.349. The van der Waals surface area contributed by atoms with Gasteiger partial charge in [-0.2, -0.15) is 4.99 Å². The van der Waals surface area contributed by atoms with Gasteiger partial charge in [0.05, 0.1) is 10.7 Å². The van der Waals surface area contributed by atoms with Gasteiger partial charge in [-0.25, -0.2) is 4.79 Å². The molecule has 0 N–H and O–H groups in total. The van der Waals surface area contributed by atoms with Crippen molar-refractivity contribution in [2.24, 2.45) is 4.99 Å². The molecule has 0 fully saturated rings. The second-order valence-corrected chi connectivity index (χ2v) is 3.07. The molecule has 0 bridgehead atoms. The Balaban J connectivity index is 3.32. The van der Waals surface area contributed by atoms with Crippen LogP contribution in [0.3, 0.4) is 0 Å². The number of aliphatic imine (C=N–C) groups is 1. The largest absolute Gasteiger partial charge is 0.240 e. The number of nitrogens with zero attached hydrogens (tertiary/aromatic N) is 1. The van der Waals surface area contributed by atoms with E-state index in [-0.39, 0.29) is 0 Å². The summed E-state index contributed by atoms with van der Waals surface area (Å²) in [6.45, 7) is 1.82. The first-order chi connectivity index (χ1) is 5.65. The molecule has 0 aliphatic rings. The number of benzene rings is 1. The van der Waals surface area contributed by atoms with Crippen molar-refractivity contribution in [1.29, 1.82) is 0 Å². The van der Waals surface area contributed by atoms with E-state index >= 15 is 0 Å². The third-order valence-corrected chi connectivity index (χ3v) is 2.10. The van der Waals surface area contributed by atoms with E-state index in [2.05, 4.69) is 4.99 Å². The van der Waals surface area contributed by atoms with Gasteiger partial charge in [0, 0.05) is 5.02 Å². The van der Waals surface area contributed by atoms with Gasteiger partial charge in [-0.15, -0.1) is 0 Å². The van der Waals surface area contributed by atoms with Crippen LogP contribution >= 0.6 is 23.2 Å². The van der Waals surface area contributed by atoms with E-state index in [0.717, 1.165) is 5.56 Å². The number of halogens is 2. The second-order valence-electron chi connectivity index (χ2n) is 2.26. The van der Waals surface area contributed by atoms with E-state index in [1.54, 1.807) is 6.07 Å². The summed E-state index contributed by atoms with van der Waals surface area (Å²) in [6.07, 6.45) is 1.40. The van der Waals surface area contributed by atoms with Crippen molar-refractivity contribution in [2.75, 3.05) is 0 Å². The lowest BCUT2D eigenvalue weighted by Gasteiger charge is -2.00. The third-order valence-electron chi connectivity index (χ3n) is 1.39. The zero-order valence-electron chi connectivity index (χ0n) is 6.27. The monoisotopic (exact) mass is 201 g/mol. The van der Waals surface area contributed by atoms with Crippen molar-refractivity contribution in [3.8, 4) is 0 Å². The number of rotatable bonds is 1.